The van der Waals surface area contributed by atoms with E-state index < -0.39 is 5.82 Å². The summed E-state index contributed by atoms with van der Waals surface area (Å²) in [4.78, 5) is 4.34. The lowest BCUT2D eigenvalue weighted by molar-refractivity contribution is 0.259. The highest BCUT2D eigenvalue weighted by Gasteiger charge is 2.09. The highest BCUT2D eigenvalue weighted by atomic mass is 19.1. The van der Waals surface area contributed by atoms with Gasteiger partial charge in [0.2, 0.25) is 5.65 Å². The van der Waals surface area contributed by atoms with Crippen molar-refractivity contribution in [1.82, 2.24) is 20.4 Å². The molecule has 0 radical (unpaired) electrons. The minimum Gasteiger partial charge on any atom is -0.490 e. The average Bonchev–Trinajstić information content (AvgIpc) is 2.93. The average molecular weight is 286 g/mol. The number of fused-ring (bicyclic) bond motifs is 1. The van der Waals surface area contributed by atoms with Crippen molar-refractivity contribution in [2.75, 3.05) is 6.61 Å². The largest absolute Gasteiger partial charge is 0.490 e. The molecule has 0 amide bonds. The molecule has 6 heteroatoms. The van der Waals surface area contributed by atoms with Crippen molar-refractivity contribution in [1.29, 1.82) is 0 Å². The van der Waals surface area contributed by atoms with Gasteiger partial charge in [-0.1, -0.05) is 13.8 Å². The Balaban J connectivity index is 1.90. The smallest absolute Gasteiger partial charge is 0.202 e. The van der Waals surface area contributed by atoms with Crippen LogP contribution in [-0.2, 0) is 0 Å². The first-order chi connectivity index (χ1) is 10.1. The first-order valence-electron chi connectivity index (χ1n) is 6.74. The van der Waals surface area contributed by atoms with Crippen LogP contribution in [0.2, 0.25) is 0 Å². The van der Waals surface area contributed by atoms with E-state index in [-0.39, 0.29) is 5.75 Å². The summed E-state index contributed by atoms with van der Waals surface area (Å²) in [6.07, 6.45) is 0. The summed E-state index contributed by atoms with van der Waals surface area (Å²) in [7, 11) is 0. The summed E-state index contributed by atoms with van der Waals surface area (Å²) in [6, 6.07) is 8.41. The number of nitrogens with zero attached hydrogens (tertiary/aromatic N) is 3. The number of hydrogen-bond donors (Lipinski definition) is 1. The van der Waals surface area contributed by atoms with E-state index in [4.69, 9.17) is 4.74 Å². The van der Waals surface area contributed by atoms with Crippen LogP contribution in [0.3, 0.4) is 0 Å². The van der Waals surface area contributed by atoms with Gasteiger partial charge in [-0.3, -0.25) is 0 Å². The monoisotopic (exact) mass is 286 g/mol. The minimum atomic E-state index is -0.393. The van der Waals surface area contributed by atoms with Gasteiger partial charge < -0.3 is 4.74 Å². The second-order valence-corrected chi connectivity index (χ2v) is 5.21. The standard InChI is InChI=1S/C15H15FN4O/c1-9(2)8-21-14-6-3-10(7-11(14)16)12-4-5-13-15(17-12)19-20-18-13/h3-7,9H,8H2,1-2H3,(H,17,18,19,20). The van der Waals surface area contributed by atoms with Crippen molar-refractivity contribution < 1.29 is 9.13 Å². The fraction of sp³-hybridized carbons (Fsp3) is 0.267. The lowest BCUT2D eigenvalue weighted by Crippen LogP contribution is -2.05. The summed E-state index contributed by atoms with van der Waals surface area (Å²) < 4.78 is 19.5. The Bertz CT molecular complexity index is 769. The molecule has 0 fully saturated rings. The van der Waals surface area contributed by atoms with Crippen LogP contribution in [0, 0.1) is 11.7 Å². The van der Waals surface area contributed by atoms with E-state index in [1.165, 1.54) is 6.07 Å². The quantitative estimate of drug-likeness (QED) is 0.800. The summed E-state index contributed by atoms with van der Waals surface area (Å²) in [5.41, 5.74) is 2.50. The number of benzene rings is 1. The molecule has 0 aliphatic rings. The number of nitrogens with one attached hydrogen (secondary N) is 1. The number of halogens is 1. The third-order valence-corrected chi connectivity index (χ3v) is 2.98. The Morgan fingerprint density at radius 3 is 2.81 bits per heavy atom. The molecule has 5 nitrogen and oxygen atoms in total. The van der Waals surface area contributed by atoms with Crippen molar-refractivity contribution in [3.8, 4) is 17.0 Å². The predicted octanol–water partition coefficient (Wildman–Crippen LogP) is 3.19. The maximum absolute atomic E-state index is 14.1. The Labute approximate surface area is 121 Å². The zero-order valence-corrected chi connectivity index (χ0v) is 11.8. The predicted molar refractivity (Wildman–Crippen MR) is 77.4 cm³/mol. The van der Waals surface area contributed by atoms with Crippen molar-refractivity contribution in [2.24, 2.45) is 5.92 Å². The first-order valence-corrected chi connectivity index (χ1v) is 6.74. The molecular formula is C15H15FN4O. The maximum Gasteiger partial charge on any atom is 0.202 e. The van der Waals surface area contributed by atoms with Crippen molar-refractivity contribution in [2.45, 2.75) is 13.8 Å². The second-order valence-electron chi connectivity index (χ2n) is 5.21. The number of hydrogen-bond acceptors (Lipinski definition) is 4. The number of H-pyrrole nitrogens is 1. The zero-order valence-electron chi connectivity index (χ0n) is 11.8. The van der Waals surface area contributed by atoms with E-state index in [0.29, 0.717) is 34.9 Å². The molecule has 0 spiro atoms. The molecule has 3 rings (SSSR count). The van der Waals surface area contributed by atoms with Crippen LogP contribution in [0.25, 0.3) is 22.4 Å². The van der Waals surface area contributed by atoms with Crippen LogP contribution in [0.1, 0.15) is 13.8 Å². The van der Waals surface area contributed by atoms with E-state index in [1.54, 1.807) is 24.3 Å². The number of aromatic amines is 1. The van der Waals surface area contributed by atoms with Gasteiger partial charge in [0, 0.05) is 5.56 Å². The molecule has 0 aliphatic heterocycles. The summed E-state index contributed by atoms with van der Waals surface area (Å²) in [5, 5.41) is 10.4. The summed E-state index contributed by atoms with van der Waals surface area (Å²) in [5.74, 6) is 0.213. The van der Waals surface area contributed by atoms with Gasteiger partial charge in [0.05, 0.1) is 12.3 Å². The molecule has 2 heterocycles. The van der Waals surface area contributed by atoms with Gasteiger partial charge in [-0.05, 0) is 36.2 Å². The van der Waals surface area contributed by atoms with Crippen LogP contribution < -0.4 is 4.74 Å². The maximum atomic E-state index is 14.1. The van der Waals surface area contributed by atoms with E-state index in [0.717, 1.165) is 0 Å². The Morgan fingerprint density at radius 1 is 1.19 bits per heavy atom. The molecule has 1 aromatic carbocycles. The molecule has 21 heavy (non-hydrogen) atoms. The fourth-order valence-electron chi connectivity index (χ4n) is 1.93. The van der Waals surface area contributed by atoms with E-state index >= 15 is 0 Å². The minimum absolute atomic E-state index is 0.259. The molecule has 0 atom stereocenters. The molecule has 0 bridgehead atoms. The van der Waals surface area contributed by atoms with Crippen molar-refractivity contribution >= 4 is 11.2 Å². The Hall–Kier alpha value is -2.50. The molecule has 0 saturated heterocycles. The van der Waals surface area contributed by atoms with Crippen LogP contribution in [0.5, 0.6) is 5.75 Å². The third-order valence-electron chi connectivity index (χ3n) is 2.98. The van der Waals surface area contributed by atoms with Crippen molar-refractivity contribution in [3.63, 3.8) is 0 Å². The SMILES string of the molecule is CC(C)COc1ccc(-c2ccc3n[nH]nc3n2)cc1F. The molecule has 0 aliphatic carbocycles. The van der Waals surface area contributed by atoms with E-state index in [9.17, 15) is 4.39 Å². The highest BCUT2D eigenvalue weighted by molar-refractivity contribution is 5.74. The highest BCUT2D eigenvalue weighted by Crippen LogP contribution is 2.25. The molecular weight excluding hydrogens is 271 g/mol. The Kier molecular flexibility index (Phi) is 3.51. The number of ether oxygens (including phenoxy) is 1. The second kappa shape index (κ2) is 5.47. The number of rotatable bonds is 4. The topological polar surface area (TPSA) is 63.7 Å². The normalized spacial score (nSPS) is 11.2. The lowest BCUT2D eigenvalue weighted by Gasteiger charge is -2.10. The van der Waals surface area contributed by atoms with E-state index in [2.05, 4.69) is 20.4 Å². The van der Waals surface area contributed by atoms with Gasteiger partial charge in [-0.15, -0.1) is 5.10 Å². The van der Waals surface area contributed by atoms with Crippen LogP contribution in [0.15, 0.2) is 30.3 Å². The van der Waals surface area contributed by atoms with E-state index in [1.807, 2.05) is 13.8 Å². The first kappa shape index (κ1) is 13.5. The van der Waals surface area contributed by atoms with Gasteiger partial charge in [-0.25, -0.2) is 9.37 Å². The zero-order chi connectivity index (χ0) is 14.8. The lowest BCUT2D eigenvalue weighted by atomic mass is 10.1. The van der Waals surface area contributed by atoms with Gasteiger partial charge >= 0.3 is 0 Å². The van der Waals surface area contributed by atoms with Gasteiger partial charge in [0.25, 0.3) is 0 Å². The molecule has 108 valence electrons. The molecule has 3 aromatic rings. The van der Waals surface area contributed by atoms with Crippen LogP contribution in [0.4, 0.5) is 4.39 Å². The molecule has 0 saturated carbocycles. The number of pyridine rings is 1. The van der Waals surface area contributed by atoms with Crippen molar-refractivity contribution in [3.05, 3.63) is 36.1 Å². The summed E-state index contributed by atoms with van der Waals surface area (Å²) in [6.45, 7) is 4.52. The third kappa shape index (κ3) is 2.84. The molecule has 1 N–H and O–H groups in total. The van der Waals surface area contributed by atoms with Gasteiger partial charge in [0.1, 0.15) is 5.52 Å². The molecule has 0 unspecified atom stereocenters. The molecule has 2 aromatic heterocycles. The Morgan fingerprint density at radius 2 is 2.05 bits per heavy atom. The van der Waals surface area contributed by atoms with Crippen LogP contribution >= 0.6 is 0 Å². The number of aromatic nitrogens is 4. The van der Waals surface area contributed by atoms with Gasteiger partial charge in [0.15, 0.2) is 11.6 Å². The van der Waals surface area contributed by atoms with Gasteiger partial charge in [-0.2, -0.15) is 10.3 Å². The fourth-order valence-corrected chi connectivity index (χ4v) is 1.93. The van der Waals surface area contributed by atoms with Crippen LogP contribution in [-0.4, -0.2) is 27.0 Å². The summed E-state index contributed by atoms with van der Waals surface area (Å²) >= 11 is 0.